The molecule has 0 amide bonds. The van der Waals surface area contributed by atoms with Crippen molar-refractivity contribution in [3.63, 3.8) is 0 Å². The number of nitrogens with one attached hydrogen (secondary N) is 1. The molecular formula is C22H28N4O. The first-order valence-corrected chi connectivity index (χ1v) is 9.51. The number of fused-ring (bicyclic) bond motifs is 2. The summed E-state index contributed by atoms with van der Waals surface area (Å²) in [7, 11) is 8.43. The first-order valence-electron chi connectivity index (χ1n) is 9.51. The van der Waals surface area contributed by atoms with E-state index in [1.807, 2.05) is 6.07 Å². The monoisotopic (exact) mass is 364 g/mol. The maximum atomic E-state index is 6.23. The molecule has 1 N–H and O–H groups in total. The molecule has 5 nitrogen and oxygen atoms in total. The fourth-order valence-corrected chi connectivity index (χ4v) is 3.64. The molecule has 0 unspecified atom stereocenters. The molecule has 0 aliphatic carbocycles. The van der Waals surface area contributed by atoms with Crippen LogP contribution in [0.4, 0.5) is 5.69 Å². The molecule has 0 saturated carbocycles. The maximum absolute atomic E-state index is 6.23. The lowest BCUT2D eigenvalue weighted by Gasteiger charge is -2.21. The minimum atomic E-state index is 0.914. The van der Waals surface area contributed by atoms with Crippen molar-refractivity contribution in [2.24, 2.45) is 0 Å². The molecular weight excluding hydrogens is 336 g/mol. The molecule has 0 spiro atoms. The quantitative estimate of drug-likeness (QED) is 0.538. The van der Waals surface area contributed by atoms with Crippen molar-refractivity contribution in [2.45, 2.75) is 6.54 Å². The Morgan fingerprint density at radius 2 is 1.70 bits per heavy atom. The third kappa shape index (κ3) is 3.40. The van der Waals surface area contributed by atoms with Crippen LogP contribution >= 0.6 is 0 Å². The van der Waals surface area contributed by atoms with Crippen LogP contribution in [0.15, 0.2) is 42.6 Å². The van der Waals surface area contributed by atoms with Crippen molar-refractivity contribution in [3.05, 3.63) is 42.6 Å². The summed E-state index contributed by atoms with van der Waals surface area (Å²) in [6.45, 7) is 3.85. The van der Waals surface area contributed by atoms with Crippen LogP contribution in [0.2, 0.25) is 0 Å². The van der Waals surface area contributed by atoms with Gasteiger partial charge >= 0.3 is 0 Å². The smallest absolute Gasteiger partial charge is 0.137 e. The van der Waals surface area contributed by atoms with Gasteiger partial charge < -0.3 is 24.4 Å². The summed E-state index contributed by atoms with van der Waals surface area (Å²) < 4.78 is 8.61. The van der Waals surface area contributed by atoms with Gasteiger partial charge in [0, 0.05) is 49.0 Å². The molecule has 4 rings (SSSR count). The van der Waals surface area contributed by atoms with Crippen LogP contribution in [0.1, 0.15) is 0 Å². The highest BCUT2D eigenvalue weighted by molar-refractivity contribution is 6.08. The molecule has 1 aliphatic heterocycles. The second-order valence-corrected chi connectivity index (χ2v) is 7.70. The summed E-state index contributed by atoms with van der Waals surface area (Å²) in [4.78, 5) is 4.41. The van der Waals surface area contributed by atoms with Crippen molar-refractivity contribution in [3.8, 4) is 22.8 Å². The Labute approximate surface area is 161 Å². The second kappa shape index (κ2) is 7.25. The van der Waals surface area contributed by atoms with Crippen molar-refractivity contribution in [1.82, 2.24) is 14.4 Å². The van der Waals surface area contributed by atoms with Gasteiger partial charge in [-0.25, -0.2) is 0 Å². The highest BCUT2D eigenvalue weighted by Gasteiger charge is 2.25. The van der Waals surface area contributed by atoms with E-state index < -0.39 is 0 Å². The summed E-state index contributed by atoms with van der Waals surface area (Å²) in [5.74, 6) is 1.88. The number of anilines is 1. The standard InChI is InChI=1S/C22H28N4O/c1-24(2)12-11-23-18-9-10-20-21-17(18)15-26(14-13-25(3)4)22(21)16-7-5-6-8-19(16)27-20/h5-10,15,23H,11-14H2,1-4H3. The molecule has 0 atom stereocenters. The van der Waals surface area contributed by atoms with Gasteiger partial charge in [-0.2, -0.15) is 0 Å². The van der Waals surface area contributed by atoms with Crippen LogP contribution in [-0.2, 0) is 6.54 Å². The predicted octanol–water partition coefficient (Wildman–Crippen LogP) is 3.95. The van der Waals surface area contributed by atoms with Gasteiger partial charge in [0.15, 0.2) is 0 Å². The minimum Gasteiger partial charge on any atom is -0.456 e. The molecule has 0 bridgehead atoms. The fourth-order valence-electron chi connectivity index (χ4n) is 3.64. The molecule has 3 aromatic rings. The Balaban J connectivity index is 1.82. The van der Waals surface area contributed by atoms with Crippen LogP contribution < -0.4 is 10.1 Å². The second-order valence-electron chi connectivity index (χ2n) is 7.70. The Kier molecular flexibility index (Phi) is 4.81. The van der Waals surface area contributed by atoms with E-state index in [-0.39, 0.29) is 0 Å². The molecule has 5 heteroatoms. The number of hydrogen-bond donors (Lipinski definition) is 1. The Bertz CT molecular complexity index is 958. The first-order chi connectivity index (χ1) is 13.0. The lowest BCUT2D eigenvalue weighted by Crippen LogP contribution is -2.20. The normalized spacial score (nSPS) is 12.5. The third-order valence-electron chi connectivity index (χ3n) is 5.04. The molecule has 0 saturated heterocycles. The van der Waals surface area contributed by atoms with E-state index in [2.05, 4.69) is 84.4 Å². The van der Waals surface area contributed by atoms with Crippen LogP contribution in [-0.4, -0.2) is 62.2 Å². The van der Waals surface area contributed by atoms with E-state index >= 15 is 0 Å². The van der Waals surface area contributed by atoms with Crippen LogP contribution in [0.25, 0.3) is 22.0 Å². The van der Waals surface area contributed by atoms with Gasteiger partial charge in [0.05, 0.1) is 11.1 Å². The number of benzene rings is 2. The van der Waals surface area contributed by atoms with Crippen LogP contribution in [0, 0.1) is 0 Å². The number of nitrogens with zero attached hydrogens (tertiary/aromatic N) is 3. The summed E-state index contributed by atoms with van der Waals surface area (Å²) >= 11 is 0. The third-order valence-corrected chi connectivity index (χ3v) is 5.04. The van der Waals surface area contributed by atoms with Crippen molar-refractivity contribution >= 4 is 16.5 Å². The van der Waals surface area contributed by atoms with Gasteiger partial charge in [0.25, 0.3) is 0 Å². The largest absolute Gasteiger partial charge is 0.456 e. The zero-order valence-corrected chi connectivity index (χ0v) is 16.6. The summed E-state index contributed by atoms with van der Waals surface area (Å²) in [6.07, 6.45) is 2.28. The number of hydrogen-bond acceptors (Lipinski definition) is 4. The molecule has 0 fully saturated rings. The summed E-state index contributed by atoms with van der Waals surface area (Å²) in [5.41, 5.74) is 3.60. The Morgan fingerprint density at radius 1 is 0.926 bits per heavy atom. The average Bonchev–Trinajstić information content (AvgIpc) is 3.03. The van der Waals surface area contributed by atoms with E-state index in [1.54, 1.807) is 0 Å². The van der Waals surface area contributed by atoms with Crippen LogP contribution in [0.3, 0.4) is 0 Å². The van der Waals surface area contributed by atoms with Gasteiger partial charge in [-0.05, 0) is 52.5 Å². The first kappa shape index (κ1) is 17.9. The molecule has 27 heavy (non-hydrogen) atoms. The molecule has 2 heterocycles. The van der Waals surface area contributed by atoms with E-state index in [9.17, 15) is 0 Å². The van der Waals surface area contributed by atoms with E-state index in [1.165, 1.54) is 27.7 Å². The van der Waals surface area contributed by atoms with E-state index in [4.69, 9.17) is 4.74 Å². The molecule has 0 radical (unpaired) electrons. The van der Waals surface area contributed by atoms with Crippen LogP contribution in [0.5, 0.6) is 11.5 Å². The molecule has 142 valence electrons. The van der Waals surface area contributed by atoms with E-state index in [0.29, 0.717) is 0 Å². The zero-order chi connectivity index (χ0) is 19.0. The maximum Gasteiger partial charge on any atom is 0.137 e. The summed E-state index contributed by atoms with van der Waals surface area (Å²) in [5, 5.41) is 6.04. The van der Waals surface area contributed by atoms with Crippen molar-refractivity contribution < 1.29 is 4.74 Å². The highest BCUT2D eigenvalue weighted by Crippen LogP contribution is 2.48. The van der Waals surface area contributed by atoms with Gasteiger partial charge in [0.2, 0.25) is 0 Å². The Morgan fingerprint density at radius 3 is 2.48 bits per heavy atom. The van der Waals surface area contributed by atoms with Crippen molar-refractivity contribution in [1.29, 1.82) is 0 Å². The van der Waals surface area contributed by atoms with Gasteiger partial charge in [-0.3, -0.25) is 0 Å². The number of ether oxygens (including phenoxy) is 1. The fraction of sp³-hybridized carbons (Fsp3) is 0.364. The molecule has 2 aromatic carbocycles. The highest BCUT2D eigenvalue weighted by atomic mass is 16.5. The number of likely N-dealkylation sites (N-methyl/N-ethyl adjacent to an activating group) is 2. The lowest BCUT2D eigenvalue weighted by molar-refractivity contribution is 0.385. The van der Waals surface area contributed by atoms with Gasteiger partial charge in [-0.1, -0.05) is 12.1 Å². The number of rotatable bonds is 7. The van der Waals surface area contributed by atoms with E-state index in [0.717, 1.165) is 37.7 Å². The molecule has 1 aromatic heterocycles. The SMILES string of the molecule is CN(C)CCNc1ccc2c3c(n(CCN(C)C)cc13)-c1ccccc1O2. The number of para-hydroxylation sites is 1. The molecule has 1 aliphatic rings. The Hall–Kier alpha value is -2.50. The summed E-state index contributed by atoms with van der Waals surface area (Å²) in [6, 6.07) is 12.6. The average molecular weight is 364 g/mol. The minimum absolute atomic E-state index is 0.914. The van der Waals surface area contributed by atoms with Gasteiger partial charge in [0.1, 0.15) is 11.5 Å². The number of aromatic nitrogens is 1. The van der Waals surface area contributed by atoms with Crippen molar-refractivity contribution in [2.75, 3.05) is 53.1 Å². The van der Waals surface area contributed by atoms with Gasteiger partial charge in [-0.15, -0.1) is 0 Å². The zero-order valence-electron chi connectivity index (χ0n) is 16.6. The predicted molar refractivity (Wildman–Crippen MR) is 113 cm³/mol. The lowest BCUT2D eigenvalue weighted by atomic mass is 10.0. The topological polar surface area (TPSA) is 32.7 Å².